The number of aryl methyl sites for hydroxylation is 1. The van der Waals surface area contributed by atoms with E-state index in [4.69, 9.17) is 21.1 Å². The highest BCUT2D eigenvalue weighted by atomic mass is 35.5. The zero-order valence-electron chi connectivity index (χ0n) is 19.4. The Hall–Kier alpha value is -3.23. The molecule has 0 aliphatic heterocycles. The molecule has 0 saturated carbocycles. The maximum absolute atomic E-state index is 13.4. The predicted octanol–water partition coefficient (Wildman–Crippen LogP) is 4.74. The second-order valence-corrected chi connectivity index (χ2v) is 9.93. The molecule has 1 N–H and O–H groups in total. The number of nitrogens with one attached hydrogen (secondary N) is 1. The van der Waals surface area contributed by atoms with Gasteiger partial charge >= 0.3 is 0 Å². The first kappa shape index (κ1) is 25.4. The maximum atomic E-state index is 13.4. The molecule has 1 amide bonds. The average Bonchev–Trinajstić information content (AvgIpc) is 2.84. The van der Waals surface area contributed by atoms with Crippen molar-refractivity contribution < 1.29 is 22.7 Å². The number of methoxy groups -OCH3 is 2. The van der Waals surface area contributed by atoms with Crippen LogP contribution in [0.25, 0.3) is 0 Å². The summed E-state index contributed by atoms with van der Waals surface area (Å²) in [5.41, 5.74) is 1.88. The number of benzene rings is 3. The van der Waals surface area contributed by atoms with Gasteiger partial charge in [0, 0.05) is 5.02 Å². The van der Waals surface area contributed by atoms with Crippen molar-refractivity contribution in [3.63, 3.8) is 0 Å². The van der Waals surface area contributed by atoms with E-state index < -0.39 is 28.5 Å². The molecule has 0 heterocycles. The number of nitrogens with zero attached hydrogens (tertiary/aromatic N) is 1. The summed E-state index contributed by atoms with van der Waals surface area (Å²) in [6.45, 7) is 3.20. The molecule has 0 aliphatic carbocycles. The summed E-state index contributed by atoms with van der Waals surface area (Å²) in [7, 11) is -0.946. The Morgan fingerprint density at radius 2 is 1.68 bits per heavy atom. The topological polar surface area (TPSA) is 84.9 Å². The lowest BCUT2D eigenvalue weighted by atomic mass is 10.1. The zero-order chi connectivity index (χ0) is 24.9. The zero-order valence-corrected chi connectivity index (χ0v) is 21.0. The Balaban J connectivity index is 1.89. The van der Waals surface area contributed by atoms with E-state index in [9.17, 15) is 13.2 Å². The fraction of sp³-hybridized carbons (Fsp3) is 0.240. The smallest absolute Gasteiger partial charge is 0.264 e. The fourth-order valence-electron chi connectivity index (χ4n) is 3.39. The highest BCUT2D eigenvalue weighted by molar-refractivity contribution is 7.92. The van der Waals surface area contributed by atoms with Gasteiger partial charge < -0.3 is 14.8 Å². The van der Waals surface area contributed by atoms with Crippen LogP contribution in [0.15, 0.2) is 71.6 Å². The van der Waals surface area contributed by atoms with Gasteiger partial charge in [0.1, 0.15) is 6.54 Å². The Labute approximate surface area is 205 Å². The fourth-order valence-corrected chi connectivity index (χ4v) is 5.00. The van der Waals surface area contributed by atoms with Crippen LogP contribution in [-0.4, -0.2) is 35.1 Å². The van der Waals surface area contributed by atoms with E-state index in [0.717, 1.165) is 15.4 Å². The third-order valence-electron chi connectivity index (χ3n) is 5.35. The lowest BCUT2D eigenvalue weighted by Gasteiger charge is -2.25. The Bertz CT molecular complexity index is 1270. The molecule has 9 heteroatoms. The van der Waals surface area contributed by atoms with E-state index in [1.54, 1.807) is 62.6 Å². The summed E-state index contributed by atoms with van der Waals surface area (Å²) in [6.07, 6.45) is 0. The Morgan fingerprint density at radius 1 is 1.00 bits per heavy atom. The second-order valence-electron chi connectivity index (χ2n) is 7.66. The Morgan fingerprint density at radius 3 is 2.29 bits per heavy atom. The minimum absolute atomic E-state index is 0.0763. The summed E-state index contributed by atoms with van der Waals surface area (Å²) in [5.74, 6) is 0.628. The standard InChI is InChI=1S/C25H27ClN2O5S/c1-17-10-12-20(15-22(17)26)28(34(30,31)21-8-6-5-7-9-21)16-25(29)27-18(2)19-11-13-23(32-3)24(14-19)33-4/h5-15,18H,16H2,1-4H3,(H,27,29)/t18-/m0/s1. The number of sulfonamides is 1. The van der Waals surface area contributed by atoms with Crippen molar-refractivity contribution in [2.24, 2.45) is 0 Å². The number of hydrogen-bond donors (Lipinski definition) is 1. The summed E-state index contributed by atoms with van der Waals surface area (Å²) in [6, 6.07) is 17.8. The molecule has 0 fully saturated rings. The number of ether oxygens (including phenoxy) is 2. The summed E-state index contributed by atoms with van der Waals surface area (Å²) in [5, 5.41) is 3.27. The summed E-state index contributed by atoms with van der Waals surface area (Å²) in [4.78, 5) is 13.1. The SMILES string of the molecule is COc1ccc([C@H](C)NC(=O)CN(c2ccc(C)c(Cl)c2)S(=O)(=O)c2ccccc2)cc1OC. The van der Waals surface area contributed by atoms with Gasteiger partial charge in [-0.25, -0.2) is 8.42 Å². The van der Waals surface area contributed by atoms with Crippen LogP contribution >= 0.6 is 11.6 Å². The van der Waals surface area contributed by atoms with Crippen LogP contribution in [0.1, 0.15) is 24.1 Å². The van der Waals surface area contributed by atoms with Gasteiger partial charge in [-0.05, 0) is 61.4 Å². The first-order valence-corrected chi connectivity index (χ1v) is 12.3. The van der Waals surface area contributed by atoms with Crippen LogP contribution < -0.4 is 19.1 Å². The minimum Gasteiger partial charge on any atom is -0.493 e. The molecular weight excluding hydrogens is 476 g/mol. The first-order chi connectivity index (χ1) is 16.2. The van der Waals surface area contributed by atoms with Crippen molar-refractivity contribution in [1.29, 1.82) is 0 Å². The number of carbonyl (C=O) groups is 1. The molecule has 0 unspecified atom stereocenters. The molecule has 7 nitrogen and oxygen atoms in total. The monoisotopic (exact) mass is 502 g/mol. The van der Waals surface area contributed by atoms with Crippen molar-refractivity contribution in [1.82, 2.24) is 5.32 Å². The van der Waals surface area contributed by atoms with Crippen LogP contribution in [0.3, 0.4) is 0 Å². The van der Waals surface area contributed by atoms with Crippen LogP contribution in [0.2, 0.25) is 5.02 Å². The van der Waals surface area contributed by atoms with E-state index >= 15 is 0 Å². The largest absolute Gasteiger partial charge is 0.493 e. The summed E-state index contributed by atoms with van der Waals surface area (Å²) < 4.78 is 38.5. The van der Waals surface area contributed by atoms with Crippen molar-refractivity contribution in [3.05, 3.63) is 82.9 Å². The number of carbonyl (C=O) groups excluding carboxylic acids is 1. The first-order valence-electron chi connectivity index (χ1n) is 10.5. The van der Waals surface area contributed by atoms with Gasteiger partial charge in [-0.1, -0.05) is 41.9 Å². The minimum atomic E-state index is -4.02. The molecule has 180 valence electrons. The molecule has 0 saturated heterocycles. The van der Waals surface area contributed by atoms with Crippen molar-refractivity contribution >= 4 is 33.2 Å². The molecule has 3 rings (SSSR count). The van der Waals surface area contributed by atoms with Crippen LogP contribution in [-0.2, 0) is 14.8 Å². The van der Waals surface area contributed by atoms with Crippen LogP contribution in [0, 0.1) is 6.92 Å². The lowest BCUT2D eigenvalue weighted by molar-refractivity contribution is -0.120. The molecule has 0 bridgehead atoms. The molecule has 0 radical (unpaired) electrons. The molecule has 0 aromatic heterocycles. The van der Waals surface area contributed by atoms with Crippen molar-refractivity contribution in [3.8, 4) is 11.5 Å². The van der Waals surface area contributed by atoms with E-state index in [-0.39, 0.29) is 4.90 Å². The molecule has 1 atom stereocenters. The number of amides is 1. The van der Waals surface area contributed by atoms with Gasteiger partial charge in [0.15, 0.2) is 11.5 Å². The van der Waals surface area contributed by atoms with Gasteiger partial charge in [0.05, 0.1) is 30.8 Å². The molecular formula is C25H27ClN2O5S. The normalized spacial score (nSPS) is 12.0. The van der Waals surface area contributed by atoms with E-state index in [0.29, 0.717) is 22.2 Å². The second kappa shape index (κ2) is 10.8. The third-order valence-corrected chi connectivity index (χ3v) is 7.54. The predicted molar refractivity (Wildman–Crippen MR) is 133 cm³/mol. The quantitative estimate of drug-likeness (QED) is 0.457. The van der Waals surface area contributed by atoms with Gasteiger partial charge in [0.2, 0.25) is 5.91 Å². The van der Waals surface area contributed by atoms with Gasteiger partial charge in [-0.3, -0.25) is 9.10 Å². The highest BCUT2D eigenvalue weighted by Crippen LogP contribution is 2.30. The summed E-state index contributed by atoms with van der Waals surface area (Å²) >= 11 is 6.26. The van der Waals surface area contributed by atoms with Crippen LogP contribution in [0.5, 0.6) is 11.5 Å². The molecule has 34 heavy (non-hydrogen) atoms. The average molecular weight is 503 g/mol. The molecule has 0 aliphatic rings. The van der Waals surface area contributed by atoms with Crippen LogP contribution in [0.4, 0.5) is 5.69 Å². The van der Waals surface area contributed by atoms with E-state index in [2.05, 4.69) is 5.32 Å². The molecule has 3 aromatic carbocycles. The number of halogens is 1. The highest BCUT2D eigenvalue weighted by Gasteiger charge is 2.28. The van der Waals surface area contributed by atoms with E-state index in [1.807, 2.05) is 13.0 Å². The third kappa shape index (κ3) is 5.63. The number of rotatable bonds is 9. The maximum Gasteiger partial charge on any atom is 0.264 e. The van der Waals surface area contributed by atoms with Gasteiger partial charge in [0.25, 0.3) is 10.0 Å². The van der Waals surface area contributed by atoms with Gasteiger partial charge in [-0.2, -0.15) is 0 Å². The van der Waals surface area contributed by atoms with Crippen molar-refractivity contribution in [2.75, 3.05) is 25.1 Å². The number of anilines is 1. The Kier molecular flexibility index (Phi) is 8.06. The number of hydrogen-bond acceptors (Lipinski definition) is 5. The van der Waals surface area contributed by atoms with Gasteiger partial charge in [-0.15, -0.1) is 0 Å². The lowest BCUT2D eigenvalue weighted by Crippen LogP contribution is -2.41. The molecule has 0 spiro atoms. The molecule has 3 aromatic rings. The van der Waals surface area contributed by atoms with E-state index in [1.165, 1.54) is 19.2 Å². The van der Waals surface area contributed by atoms with Crippen molar-refractivity contribution in [2.45, 2.75) is 24.8 Å².